The van der Waals surface area contributed by atoms with Crippen molar-refractivity contribution in [3.8, 4) is 5.75 Å². The van der Waals surface area contributed by atoms with Crippen molar-refractivity contribution >= 4 is 44.9 Å². The number of hydrogen-bond acceptors (Lipinski definition) is 4. The number of nitrogens with zero attached hydrogens (tertiary/aromatic N) is 1. The summed E-state index contributed by atoms with van der Waals surface area (Å²) in [6, 6.07) is 13.3. The minimum absolute atomic E-state index is 0.0659. The lowest BCUT2D eigenvalue weighted by molar-refractivity contribution is 0.0997. The van der Waals surface area contributed by atoms with E-state index >= 15 is 0 Å². The van der Waals surface area contributed by atoms with E-state index in [9.17, 15) is 14.7 Å². The van der Waals surface area contributed by atoms with Crippen LogP contribution in [0, 0.1) is 0 Å². The van der Waals surface area contributed by atoms with E-state index in [2.05, 4.69) is 20.6 Å². The molecule has 5 N–H and O–H groups in total. The van der Waals surface area contributed by atoms with Crippen LogP contribution in [0.15, 0.2) is 53.9 Å². The molecule has 1 radical (unpaired) electrons. The number of aromatic nitrogens is 2. The zero-order valence-corrected chi connectivity index (χ0v) is 15.9. The van der Waals surface area contributed by atoms with E-state index < -0.39 is 11.9 Å². The van der Waals surface area contributed by atoms with Gasteiger partial charge in [0, 0.05) is 16.8 Å². The molecule has 2 aromatic heterocycles. The van der Waals surface area contributed by atoms with Gasteiger partial charge in [-0.1, -0.05) is 12.1 Å². The third-order valence-electron chi connectivity index (χ3n) is 4.23. The topological polar surface area (TPSA) is 133 Å². The fourth-order valence-electron chi connectivity index (χ4n) is 2.90. The quantitative estimate of drug-likeness (QED) is 0.397. The van der Waals surface area contributed by atoms with Crippen molar-refractivity contribution in [3.63, 3.8) is 0 Å². The molecule has 4 aromatic rings. The van der Waals surface area contributed by atoms with Crippen molar-refractivity contribution in [1.82, 2.24) is 9.97 Å². The summed E-state index contributed by atoms with van der Waals surface area (Å²) >= 11 is 1.62. The monoisotopic (exact) mass is 406 g/mol. The maximum absolute atomic E-state index is 12.4. The van der Waals surface area contributed by atoms with Crippen molar-refractivity contribution in [2.24, 2.45) is 5.73 Å². The van der Waals surface area contributed by atoms with Crippen molar-refractivity contribution in [3.05, 3.63) is 71.0 Å². The number of aromatic amines is 1. The Morgan fingerprint density at radius 1 is 1.07 bits per heavy atom. The maximum Gasteiger partial charge on any atom is 0.324 e. The lowest BCUT2D eigenvalue weighted by Gasteiger charge is -2.07. The molecule has 9 heteroatoms. The zero-order chi connectivity index (χ0) is 20.4. The van der Waals surface area contributed by atoms with E-state index in [-0.39, 0.29) is 17.3 Å². The van der Waals surface area contributed by atoms with Gasteiger partial charge in [0.15, 0.2) is 11.4 Å². The summed E-state index contributed by atoms with van der Waals surface area (Å²) in [6.07, 6.45) is 0.346. The number of rotatable bonds is 5. The zero-order valence-electron chi connectivity index (χ0n) is 15.1. The van der Waals surface area contributed by atoms with E-state index in [4.69, 9.17) is 5.73 Å². The number of amides is 3. The normalized spacial score (nSPS) is 10.8. The summed E-state index contributed by atoms with van der Waals surface area (Å²) in [4.78, 5) is 31.2. The number of anilines is 2. The lowest BCUT2D eigenvalue weighted by Crippen LogP contribution is -2.22. The van der Waals surface area contributed by atoms with Crippen LogP contribution >= 0.6 is 11.3 Å². The fraction of sp³-hybridized carbons (Fsp3) is 0.0500. The Bertz CT molecular complexity index is 1200. The molecule has 0 saturated heterocycles. The summed E-state index contributed by atoms with van der Waals surface area (Å²) in [5.41, 5.74) is 6.77. The Balaban J connectivity index is 1.50. The van der Waals surface area contributed by atoms with Gasteiger partial charge in [-0.3, -0.25) is 15.2 Å². The van der Waals surface area contributed by atoms with Gasteiger partial charge < -0.3 is 16.0 Å². The molecule has 0 spiro atoms. The first-order chi connectivity index (χ1) is 14.0. The number of H-pyrrole nitrogens is 1. The fourth-order valence-corrected chi connectivity index (χ4v) is 3.67. The van der Waals surface area contributed by atoms with Gasteiger partial charge in [-0.15, -0.1) is 11.3 Å². The summed E-state index contributed by atoms with van der Waals surface area (Å²) < 4.78 is 1.12. The van der Waals surface area contributed by atoms with Crippen LogP contribution in [0.4, 0.5) is 16.3 Å². The highest BCUT2D eigenvalue weighted by atomic mass is 32.1. The van der Waals surface area contributed by atoms with Crippen LogP contribution in [0.3, 0.4) is 0 Å². The van der Waals surface area contributed by atoms with Gasteiger partial charge in [-0.05, 0) is 52.7 Å². The Hall–Kier alpha value is -3.85. The summed E-state index contributed by atoms with van der Waals surface area (Å²) in [5, 5.41) is 19.5. The standard InChI is InChI=1S/C20H16N5O3S/c21-18(27)17-19(24-16(23-17)9-11-1-4-14(26)5-2-11)25-20(28)22-13-3-6-15-12(10-13)7-8-29-15/h1-8,10H,9H2,(H2,21,27)(H,23,24)(H2,22,25,28). The van der Waals surface area contributed by atoms with Gasteiger partial charge in [0.05, 0.1) is 0 Å². The summed E-state index contributed by atoms with van der Waals surface area (Å²) in [6.45, 7) is 0. The molecule has 145 valence electrons. The van der Waals surface area contributed by atoms with Gasteiger partial charge in [-0.25, -0.2) is 9.78 Å². The van der Waals surface area contributed by atoms with Gasteiger partial charge in [0.1, 0.15) is 11.6 Å². The molecule has 0 aliphatic heterocycles. The van der Waals surface area contributed by atoms with E-state index in [1.54, 1.807) is 29.5 Å². The largest absolute Gasteiger partial charge is 0.364 e. The van der Waals surface area contributed by atoms with Gasteiger partial charge in [0.25, 0.3) is 5.91 Å². The highest BCUT2D eigenvalue weighted by molar-refractivity contribution is 7.17. The van der Waals surface area contributed by atoms with Gasteiger partial charge in [0.2, 0.25) is 0 Å². The molecule has 0 unspecified atom stereocenters. The molecule has 0 atom stereocenters. The van der Waals surface area contributed by atoms with E-state index in [0.29, 0.717) is 17.9 Å². The molecule has 8 nitrogen and oxygen atoms in total. The van der Waals surface area contributed by atoms with Crippen molar-refractivity contribution in [2.45, 2.75) is 6.42 Å². The first-order valence-corrected chi connectivity index (χ1v) is 9.56. The van der Waals surface area contributed by atoms with Crippen molar-refractivity contribution in [1.29, 1.82) is 0 Å². The second-order valence-corrected chi connectivity index (χ2v) is 7.29. The molecule has 0 aliphatic rings. The van der Waals surface area contributed by atoms with Crippen molar-refractivity contribution in [2.75, 3.05) is 10.6 Å². The van der Waals surface area contributed by atoms with Crippen LogP contribution in [0.2, 0.25) is 0 Å². The highest BCUT2D eigenvalue weighted by Gasteiger charge is 2.17. The molecule has 0 saturated carbocycles. The first-order valence-electron chi connectivity index (χ1n) is 8.68. The second-order valence-electron chi connectivity index (χ2n) is 6.34. The minimum Gasteiger partial charge on any atom is -0.364 e. The Morgan fingerprint density at radius 3 is 2.62 bits per heavy atom. The van der Waals surface area contributed by atoms with Crippen LogP contribution in [-0.4, -0.2) is 21.9 Å². The first kappa shape index (κ1) is 18.5. The molecular weight excluding hydrogens is 390 g/mol. The Labute approximate surface area is 169 Å². The molecule has 3 amide bonds. The lowest BCUT2D eigenvalue weighted by atomic mass is 10.1. The van der Waals surface area contributed by atoms with E-state index in [1.165, 1.54) is 12.1 Å². The molecule has 2 aromatic carbocycles. The number of imidazole rings is 1. The average Bonchev–Trinajstić information content (AvgIpc) is 3.30. The third kappa shape index (κ3) is 4.19. The number of thiophene rings is 1. The number of nitrogens with one attached hydrogen (secondary N) is 3. The number of urea groups is 1. The summed E-state index contributed by atoms with van der Waals surface area (Å²) in [5.74, 6) is -0.308. The average molecular weight is 406 g/mol. The number of hydrogen-bond donors (Lipinski definition) is 4. The molecule has 0 aliphatic carbocycles. The number of benzene rings is 2. The van der Waals surface area contributed by atoms with E-state index in [1.807, 2.05) is 23.6 Å². The second kappa shape index (κ2) is 7.64. The predicted octanol–water partition coefficient (Wildman–Crippen LogP) is 4.10. The third-order valence-corrected chi connectivity index (χ3v) is 5.13. The maximum atomic E-state index is 12.4. The predicted molar refractivity (Wildman–Crippen MR) is 111 cm³/mol. The molecular formula is C20H16N5O3S. The number of primary amides is 1. The van der Waals surface area contributed by atoms with Crippen molar-refractivity contribution < 1.29 is 14.7 Å². The number of carbonyl (C=O) groups excluding carboxylic acids is 2. The molecule has 0 fully saturated rings. The van der Waals surface area contributed by atoms with E-state index in [0.717, 1.165) is 15.6 Å². The molecule has 0 bridgehead atoms. The van der Waals surface area contributed by atoms with Gasteiger partial charge >= 0.3 is 6.03 Å². The minimum atomic E-state index is -0.766. The van der Waals surface area contributed by atoms with Gasteiger partial charge in [-0.2, -0.15) is 0 Å². The Kier molecular flexibility index (Phi) is 4.88. The number of carbonyl (C=O) groups is 2. The van der Waals surface area contributed by atoms with Crippen LogP contribution in [0.5, 0.6) is 5.75 Å². The highest BCUT2D eigenvalue weighted by Crippen LogP contribution is 2.24. The van der Waals surface area contributed by atoms with Crippen LogP contribution in [0.25, 0.3) is 10.1 Å². The smallest absolute Gasteiger partial charge is 0.324 e. The van der Waals surface area contributed by atoms with Crippen LogP contribution in [0.1, 0.15) is 21.9 Å². The van der Waals surface area contributed by atoms with Crippen LogP contribution in [-0.2, 0) is 11.5 Å². The Morgan fingerprint density at radius 2 is 1.86 bits per heavy atom. The SMILES string of the molecule is NC(=O)c1nc(Cc2ccc([O])cc2)[nH]c1NC(=O)Nc1ccc2sccc2c1. The number of nitrogens with two attached hydrogens (primary N) is 1. The molecule has 4 rings (SSSR count). The molecule has 29 heavy (non-hydrogen) atoms. The summed E-state index contributed by atoms with van der Waals surface area (Å²) in [7, 11) is 0. The number of fused-ring (bicyclic) bond motifs is 1. The van der Waals surface area contributed by atoms with Crippen LogP contribution < -0.4 is 16.4 Å². The molecule has 2 heterocycles.